The first-order valence-corrected chi connectivity index (χ1v) is 9.86. The predicted octanol–water partition coefficient (Wildman–Crippen LogP) is 3.11. The second-order valence-corrected chi connectivity index (χ2v) is 7.30. The zero-order chi connectivity index (χ0) is 20.2. The third-order valence-electron chi connectivity index (χ3n) is 4.41. The van der Waals surface area contributed by atoms with Gasteiger partial charge in [-0.1, -0.05) is 35.6 Å². The van der Waals surface area contributed by atoms with Gasteiger partial charge in [0.15, 0.2) is 0 Å². The highest BCUT2D eigenvalue weighted by molar-refractivity contribution is 7.19. The van der Waals surface area contributed by atoms with Crippen molar-refractivity contribution in [2.75, 3.05) is 13.2 Å². The Hall–Kier alpha value is -3.54. The molecule has 29 heavy (non-hydrogen) atoms. The summed E-state index contributed by atoms with van der Waals surface area (Å²) in [6.45, 7) is 0.494. The maximum Gasteiger partial charge on any atom is 0.251 e. The summed E-state index contributed by atoms with van der Waals surface area (Å²) in [5, 5.41) is 26.0. The summed E-state index contributed by atoms with van der Waals surface area (Å²) in [6, 6.07) is 16.7. The van der Waals surface area contributed by atoms with Crippen LogP contribution in [-0.2, 0) is 0 Å². The second kappa shape index (κ2) is 8.22. The number of benzene rings is 2. The summed E-state index contributed by atoms with van der Waals surface area (Å²) in [6.07, 6.45) is 2.30. The molecule has 0 fully saturated rings. The molecule has 0 saturated carbocycles. The number of hydrogen-bond acceptors (Lipinski definition) is 6. The molecular weight excluding hydrogens is 386 g/mol. The van der Waals surface area contributed by atoms with E-state index >= 15 is 0 Å². The van der Waals surface area contributed by atoms with Crippen LogP contribution in [0.15, 0.2) is 54.7 Å². The minimum Gasteiger partial charge on any atom is -0.396 e. The molecule has 4 rings (SSSR count). The monoisotopic (exact) mass is 403 g/mol. The number of carbonyl (C=O) groups is 1. The second-order valence-electron chi connectivity index (χ2n) is 6.34. The van der Waals surface area contributed by atoms with E-state index in [4.69, 9.17) is 10.4 Å². The van der Waals surface area contributed by atoms with Crippen molar-refractivity contribution in [2.24, 2.45) is 0 Å². The van der Waals surface area contributed by atoms with E-state index in [-0.39, 0.29) is 12.5 Å². The Morgan fingerprint density at radius 2 is 1.86 bits per heavy atom. The molecule has 0 unspecified atom stereocenters. The van der Waals surface area contributed by atoms with Gasteiger partial charge in [-0.25, -0.2) is 9.50 Å². The fourth-order valence-electron chi connectivity index (χ4n) is 2.87. The third kappa shape index (κ3) is 3.87. The summed E-state index contributed by atoms with van der Waals surface area (Å²) in [7, 11) is 0. The van der Waals surface area contributed by atoms with Crippen molar-refractivity contribution in [3.05, 3.63) is 65.9 Å². The Morgan fingerprint density at radius 1 is 1.14 bits per heavy atom. The van der Waals surface area contributed by atoms with Gasteiger partial charge in [-0.05, 0) is 30.7 Å². The topological polar surface area (TPSA) is 103 Å². The van der Waals surface area contributed by atoms with Crippen molar-refractivity contribution in [1.29, 1.82) is 5.26 Å². The van der Waals surface area contributed by atoms with Gasteiger partial charge in [0.2, 0.25) is 4.96 Å². The highest BCUT2D eigenvalue weighted by atomic mass is 32.1. The fourth-order valence-corrected chi connectivity index (χ4v) is 3.75. The number of nitrogens with zero attached hydrogens (tertiary/aromatic N) is 4. The first-order chi connectivity index (χ1) is 14.2. The van der Waals surface area contributed by atoms with E-state index in [2.05, 4.69) is 21.5 Å². The van der Waals surface area contributed by atoms with E-state index in [1.54, 1.807) is 35.0 Å². The number of aliphatic hydroxyl groups excluding tert-OH is 1. The molecular formula is C21H17N5O2S. The molecule has 0 radical (unpaired) electrons. The lowest BCUT2D eigenvalue weighted by Gasteiger charge is -2.04. The summed E-state index contributed by atoms with van der Waals surface area (Å²) in [4.78, 5) is 17.3. The van der Waals surface area contributed by atoms with Crippen LogP contribution in [-0.4, -0.2) is 38.8 Å². The summed E-state index contributed by atoms with van der Waals surface area (Å²) in [5.74, 6) is -0.165. The number of aliphatic hydroxyl groups is 1. The highest BCUT2D eigenvalue weighted by Crippen LogP contribution is 2.29. The average Bonchev–Trinajstić information content (AvgIpc) is 3.35. The van der Waals surface area contributed by atoms with Gasteiger partial charge in [0.05, 0.1) is 23.5 Å². The van der Waals surface area contributed by atoms with Gasteiger partial charge >= 0.3 is 0 Å². The molecule has 0 aliphatic rings. The lowest BCUT2D eigenvalue weighted by molar-refractivity contribution is 0.0951. The molecule has 8 heteroatoms. The Balaban J connectivity index is 1.58. The number of nitriles is 1. The lowest BCUT2D eigenvalue weighted by atomic mass is 10.1. The molecule has 0 aliphatic carbocycles. The van der Waals surface area contributed by atoms with Gasteiger partial charge in [0.25, 0.3) is 5.91 Å². The van der Waals surface area contributed by atoms with Crippen molar-refractivity contribution in [2.45, 2.75) is 6.42 Å². The van der Waals surface area contributed by atoms with Crippen molar-refractivity contribution in [3.8, 4) is 27.9 Å². The molecule has 2 N–H and O–H groups in total. The average molecular weight is 403 g/mol. The van der Waals surface area contributed by atoms with E-state index in [1.807, 2.05) is 24.3 Å². The number of nitrogens with one attached hydrogen (secondary N) is 1. The standard InChI is InChI=1S/C21H17N5O2S/c22-12-14-2-4-15(5-3-14)18-13-24-21-26(18)25-20(29-21)17-8-6-16(7-9-17)19(28)23-10-1-11-27/h2-9,13,27H,1,10-11H2,(H,23,28). The maximum absolute atomic E-state index is 12.1. The largest absolute Gasteiger partial charge is 0.396 e. The summed E-state index contributed by atoms with van der Waals surface area (Å²) >= 11 is 1.46. The zero-order valence-electron chi connectivity index (χ0n) is 15.4. The third-order valence-corrected chi connectivity index (χ3v) is 5.38. The van der Waals surface area contributed by atoms with E-state index in [1.165, 1.54) is 11.3 Å². The normalized spacial score (nSPS) is 10.8. The van der Waals surface area contributed by atoms with Crippen LogP contribution in [0.25, 0.3) is 26.8 Å². The van der Waals surface area contributed by atoms with E-state index in [9.17, 15) is 4.79 Å². The molecule has 4 aromatic rings. The van der Waals surface area contributed by atoms with Gasteiger partial charge < -0.3 is 10.4 Å². The number of amides is 1. The van der Waals surface area contributed by atoms with Gasteiger partial charge in [0, 0.05) is 29.8 Å². The van der Waals surface area contributed by atoms with Crippen LogP contribution in [0, 0.1) is 11.3 Å². The number of carbonyl (C=O) groups excluding carboxylic acids is 1. The minimum absolute atomic E-state index is 0.0511. The summed E-state index contributed by atoms with van der Waals surface area (Å²) < 4.78 is 1.79. The quantitative estimate of drug-likeness (QED) is 0.482. The van der Waals surface area contributed by atoms with Gasteiger partial charge in [-0.3, -0.25) is 4.79 Å². The molecule has 2 heterocycles. The molecule has 1 amide bonds. The highest BCUT2D eigenvalue weighted by Gasteiger charge is 2.13. The number of aromatic nitrogens is 3. The summed E-state index contributed by atoms with van der Waals surface area (Å²) in [5.41, 5.74) is 3.86. The molecule has 2 aromatic carbocycles. The first-order valence-electron chi connectivity index (χ1n) is 9.04. The van der Waals surface area contributed by atoms with Crippen LogP contribution in [0.2, 0.25) is 0 Å². The van der Waals surface area contributed by atoms with E-state index in [0.717, 1.165) is 26.8 Å². The number of imidazole rings is 1. The molecule has 0 aliphatic heterocycles. The fraction of sp³-hybridized carbons (Fsp3) is 0.143. The van der Waals surface area contributed by atoms with Gasteiger partial charge in [0.1, 0.15) is 5.01 Å². The molecule has 0 bridgehead atoms. The van der Waals surface area contributed by atoms with Crippen LogP contribution < -0.4 is 5.32 Å². The van der Waals surface area contributed by atoms with Crippen LogP contribution in [0.5, 0.6) is 0 Å². The van der Waals surface area contributed by atoms with Crippen molar-refractivity contribution < 1.29 is 9.90 Å². The first kappa shape index (κ1) is 18.8. The molecule has 144 valence electrons. The van der Waals surface area contributed by atoms with Crippen LogP contribution in [0.1, 0.15) is 22.3 Å². The molecule has 0 atom stereocenters. The van der Waals surface area contributed by atoms with E-state index in [0.29, 0.717) is 24.1 Å². The zero-order valence-corrected chi connectivity index (χ0v) is 16.2. The molecule has 2 aromatic heterocycles. The predicted molar refractivity (Wildman–Crippen MR) is 110 cm³/mol. The van der Waals surface area contributed by atoms with Crippen LogP contribution >= 0.6 is 11.3 Å². The molecule has 7 nitrogen and oxygen atoms in total. The molecule has 0 saturated heterocycles. The van der Waals surface area contributed by atoms with Crippen molar-refractivity contribution in [1.82, 2.24) is 19.9 Å². The Labute approximate surface area is 170 Å². The maximum atomic E-state index is 12.1. The Kier molecular flexibility index (Phi) is 5.33. The minimum atomic E-state index is -0.165. The Morgan fingerprint density at radius 3 is 2.55 bits per heavy atom. The molecule has 0 spiro atoms. The smallest absolute Gasteiger partial charge is 0.251 e. The van der Waals surface area contributed by atoms with Gasteiger partial charge in [-0.15, -0.1) is 0 Å². The number of rotatable bonds is 6. The Bertz CT molecular complexity index is 1190. The SMILES string of the molecule is N#Cc1ccc(-c2cnc3sc(-c4ccc(C(=O)NCCCO)cc4)nn23)cc1. The van der Waals surface area contributed by atoms with E-state index < -0.39 is 0 Å². The lowest BCUT2D eigenvalue weighted by Crippen LogP contribution is -2.24. The van der Waals surface area contributed by atoms with Crippen LogP contribution in [0.4, 0.5) is 0 Å². The van der Waals surface area contributed by atoms with Crippen molar-refractivity contribution >= 4 is 22.2 Å². The number of fused-ring (bicyclic) bond motifs is 1. The van der Waals surface area contributed by atoms with Gasteiger partial charge in [-0.2, -0.15) is 10.4 Å². The number of hydrogen-bond donors (Lipinski definition) is 2. The van der Waals surface area contributed by atoms with Crippen LogP contribution in [0.3, 0.4) is 0 Å². The van der Waals surface area contributed by atoms with Crippen molar-refractivity contribution in [3.63, 3.8) is 0 Å².